The number of ether oxygens (including phenoxy) is 1. The maximum absolute atomic E-state index is 12.6. The SMILES string of the molecule is CCOC(=O)/C=C/c1ccc2c(c1)CCC2NC(=O)c1ccc(N(C)C)cc1.CN(C)c1ccc(C(=O)NC2CCc3cc(Br)ccc32)cc1. The maximum atomic E-state index is 12.6. The summed E-state index contributed by atoms with van der Waals surface area (Å²) in [7, 11) is 7.92. The number of nitrogens with zero attached hydrogens (tertiary/aromatic N) is 2. The van der Waals surface area contributed by atoms with Gasteiger partial charge in [-0.2, -0.15) is 0 Å². The summed E-state index contributed by atoms with van der Waals surface area (Å²) in [4.78, 5) is 40.5. The van der Waals surface area contributed by atoms with E-state index in [2.05, 4.69) is 44.8 Å². The number of aryl methyl sites for hydroxylation is 2. The molecule has 9 heteroatoms. The molecule has 0 spiro atoms. The Balaban J connectivity index is 0.000000200. The Hall–Kier alpha value is -4.89. The Morgan fingerprint density at radius 3 is 1.68 bits per heavy atom. The molecule has 2 unspecified atom stereocenters. The minimum Gasteiger partial charge on any atom is -0.463 e. The van der Waals surface area contributed by atoms with E-state index in [1.165, 1.54) is 22.8 Å². The third-order valence-electron chi connectivity index (χ3n) is 9.03. The van der Waals surface area contributed by atoms with Crippen molar-refractivity contribution >= 4 is 51.2 Å². The van der Waals surface area contributed by atoms with Gasteiger partial charge in [-0.15, -0.1) is 0 Å². The second kappa shape index (κ2) is 16.7. The van der Waals surface area contributed by atoms with Crippen LogP contribution >= 0.6 is 15.9 Å². The quantitative estimate of drug-likeness (QED) is 0.135. The summed E-state index contributed by atoms with van der Waals surface area (Å²) >= 11 is 3.50. The number of carbonyl (C=O) groups is 3. The van der Waals surface area contributed by atoms with Crippen LogP contribution in [0.3, 0.4) is 0 Å². The smallest absolute Gasteiger partial charge is 0.330 e. The lowest BCUT2D eigenvalue weighted by atomic mass is 10.0. The van der Waals surface area contributed by atoms with Crippen LogP contribution in [0.4, 0.5) is 11.4 Å². The number of hydrogen-bond donors (Lipinski definition) is 2. The standard InChI is InChI=1S/C23H26N2O3.C18H19BrN2O/c1-4-28-22(26)14-6-16-5-12-20-18(15-16)9-13-21(20)24-23(27)17-7-10-19(11-8-17)25(2)3;1-21(2)15-7-3-12(4-8-15)18(22)20-17-10-5-13-11-14(19)6-9-16(13)17/h5-8,10-12,14-15,21H,4,9,13H2,1-3H3,(H,24,27);3-4,6-9,11,17H,5,10H2,1-2H3,(H,20,22)/b14-6+;. The summed E-state index contributed by atoms with van der Waals surface area (Å²) < 4.78 is 6.00. The van der Waals surface area contributed by atoms with Crippen LogP contribution in [0, 0.1) is 0 Å². The highest BCUT2D eigenvalue weighted by atomic mass is 79.9. The molecular formula is C41H45BrN4O4. The van der Waals surface area contributed by atoms with Gasteiger partial charge in [-0.1, -0.05) is 40.2 Å². The van der Waals surface area contributed by atoms with Gasteiger partial charge in [0.15, 0.2) is 0 Å². The second-order valence-electron chi connectivity index (χ2n) is 12.9. The molecule has 8 nitrogen and oxygen atoms in total. The van der Waals surface area contributed by atoms with Crippen molar-refractivity contribution in [2.75, 3.05) is 44.6 Å². The summed E-state index contributed by atoms with van der Waals surface area (Å²) in [5, 5.41) is 6.29. The lowest BCUT2D eigenvalue weighted by Crippen LogP contribution is -2.27. The van der Waals surface area contributed by atoms with Crippen LogP contribution in [0.5, 0.6) is 0 Å². The minimum atomic E-state index is -0.339. The molecule has 6 rings (SSSR count). The van der Waals surface area contributed by atoms with Crippen molar-refractivity contribution in [3.05, 3.63) is 134 Å². The summed E-state index contributed by atoms with van der Waals surface area (Å²) in [6, 6.07) is 27.8. The molecule has 2 atom stereocenters. The van der Waals surface area contributed by atoms with E-state index in [1.54, 1.807) is 13.0 Å². The number of amides is 2. The van der Waals surface area contributed by atoms with Crippen molar-refractivity contribution in [2.24, 2.45) is 0 Å². The van der Waals surface area contributed by atoms with E-state index >= 15 is 0 Å². The molecule has 0 saturated heterocycles. The van der Waals surface area contributed by atoms with E-state index in [0.717, 1.165) is 52.7 Å². The first-order valence-corrected chi connectivity index (χ1v) is 17.7. The topological polar surface area (TPSA) is 91.0 Å². The Morgan fingerprint density at radius 1 is 0.720 bits per heavy atom. The van der Waals surface area contributed by atoms with Crippen molar-refractivity contribution < 1.29 is 19.1 Å². The molecule has 2 aliphatic rings. The van der Waals surface area contributed by atoms with E-state index in [1.807, 2.05) is 105 Å². The van der Waals surface area contributed by atoms with E-state index in [9.17, 15) is 14.4 Å². The van der Waals surface area contributed by atoms with E-state index < -0.39 is 0 Å². The highest BCUT2D eigenvalue weighted by molar-refractivity contribution is 9.10. The number of hydrogen-bond acceptors (Lipinski definition) is 6. The lowest BCUT2D eigenvalue weighted by Gasteiger charge is -2.16. The highest BCUT2D eigenvalue weighted by Gasteiger charge is 2.25. The van der Waals surface area contributed by atoms with E-state index in [4.69, 9.17) is 4.74 Å². The average Bonchev–Trinajstić information content (AvgIpc) is 3.70. The molecule has 260 valence electrons. The molecular weight excluding hydrogens is 692 g/mol. The van der Waals surface area contributed by atoms with Gasteiger partial charge < -0.3 is 25.2 Å². The number of anilines is 2. The first kappa shape index (κ1) is 36.4. The van der Waals surface area contributed by atoms with Crippen LogP contribution in [0.15, 0.2) is 95.5 Å². The molecule has 4 aromatic carbocycles. The number of rotatable bonds is 9. The van der Waals surface area contributed by atoms with Gasteiger partial charge >= 0.3 is 5.97 Å². The molecule has 0 aliphatic heterocycles. The van der Waals surface area contributed by atoms with Gasteiger partial charge in [0.25, 0.3) is 11.8 Å². The van der Waals surface area contributed by atoms with Crippen LogP contribution in [0.2, 0.25) is 0 Å². The third-order valence-corrected chi connectivity index (χ3v) is 9.52. The second-order valence-corrected chi connectivity index (χ2v) is 13.8. The molecule has 0 heterocycles. The van der Waals surface area contributed by atoms with Gasteiger partial charge in [0.1, 0.15) is 0 Å². The molecule has 50 heavy (non-hydrogen) atoms. The van der Waals surface area contributed by atoms with Crippen LogP contribution in [0.25, 0.3) is 6.08 Å². The average molecular weight is 738 g/mol. The zero-order valence-corrected chi connectivity index (χ0v) is 30.9. The van der Waals surface area contributed by atoms with Gasteiger partial charge in [0.2, 0.25) is 0 Å². The van der Waals surface area contributed by atoms with Crippen molar-refractivity contribution in [1.29, 1.82) is 0 Å². The van der Waals surface area contributed by atoms with Gasteiger partial charge in [0, 0.05) is 61.2 Å². The first-order valence-electron chi connectivity index (χ1n) is 16.9. The normalized spacial score (nSPS) is 15.7. The number of benzene rings is 4. The van der Waals surface area contributed by atoms with Crippen molar-refractivity contribution in [3.63, 3.8) is 0 Å². The Labute approximate surface area is 303 Å². The van der Waals surface area contributed by atoms with E-state index in [0.29, 0.717) is 17.7 Å². The Bertz CT molecular complexity index is 1850. The zero-order valence-electron chi connectivity index (χ0n) is 29.3. The third kappa shape index (κ3) is 9.21. The van der Waals surface area contributed by atoms with Crippen molar-refractivity contribution in [2.45, 2.75) is 44.7 Å². The molecule has 4 aromatic rings. The fourth-order valence-corrected chi connectivity index (χ4v) is 6.70. The maximum Gasteiger partial charge on any atom is 0.330 e. The molecule has 2 N–H and O–H groups in total. The molecule has 0 bridgehead atoms. The van der Waals surface area contributed by atoms with E-state index in [-0.39, 0.29) is 29.9 Å². The van der Waals surface area contributed by atoms with Crippen LogP contribution < -0.4 is 20.4 Å². The van der Waals surface area contributed by atoms with Crippen LogP contribution in [-0.2, 0) is 22.4 Å². The molecule has 0 aromatic heterocycles. The van der Waals surface area contributed by atoms with Gasteiger partial charge in [-0.3, -0.25) is 9.59 Å². The fraction of sp³-hybridized carbons (Fsp3) is 0.293. The highest BCUT2D eigenvalue weighted by Crippen LogP contribution is 2.34. The van der Waals surface area contributed by atoms with Crippen molar-refractivity contribution in [1.82, 2.24) is 10.6 Å². The molecule has 0 radical (unpaired) electrons. The molecule has 2 amide bonds. The lowest BCUT2D eigenvalue weighted by molar-refractivity contribution is -0.137. The Kier molecular flexibility index (Phi) is 12.1. The van der Waals surface area contributed by atoms with Gasteiger partial charge in [0.05, 0.1) is 18.7 Å². The number of esters is 1. The minimum absolute atomic E-state index is 0.00826. The largest absolute Gasteiger partial charge is 0.463 e. The molecule has 0 fully saturated rings. The van der Waals surface area contributed by atoms with Crippen LogP contribution in [0.1, 0.15) is 80.4 Å². The number of carbonyl (C=O) groups excluding carboxylic acids is 3. The molecule has 2 aliphatic carbocycles. The zero-order chi connectivity index (χ0) is 35.8. The summed E-state index contributed by atoms with van der Waals surface area (Å²) in [6.07, 6.45) is 6.96. The number of nitrogens with one attached hydrogen (secondary N) is 2. The Morgan fingerprint density at radius 2 is 1.20 bits per heavy atom. The summed E-state index contributed by atoms with van der Waals surface area (Å²) in [6.45, 7) is 2.15. The monoisotopic (exact) mass is 736 g/mol. The van der Waals surface area contributed by atoms with Gasteiger partial charge in [-0.05, 0) is 127 Å². The fourth-order valence-electron chi connectivity index (χ4n) is 6.29. The number of halogens is 1. The predicted octanol–water partition coefficient (Wildman–Crippen LogP) is 7.68. The number of fused-ring (bicyclic) bond motifs is 2. The summed E-state index contributed by atoms with van der Waals surface area (Å²) in [5.41, 5.74) is 9.39. The van der Waals surface area contributed by atoms with Crippen molar-refractivity contribution in [3.8, 4) is 0 Å². The molecule has 0 saturated carbocycles. The first-order chi connectivity index (χ1) is 24.0. The predicted molar refractivity (Wildman–Crippen MR) is 205 cm³/mol. The summed E-state index contributed by atoms with van der Waals surface area (Å²) in [5.74, 6) is -0.408. The van der Waals surface area contributed by atoms with Crippen LogP contribution in [-0.4, -0.2) is 52.6 Å². The van der Waals surface area contributed by atoms with Gasteiger partial charge in [-0.25, -0.2) is 4.79 Å².